The predicted molar refractivity (Wildman–Crippen MR) is 123 cm³/mol. The molecule has 32 heavy (non-hydrogen) atoms. The average molecular weight is 432 g/mol. The number of carbonyl (C=O) groups is 1. The van der Waals surface area contributed by atoms with Gasteiger partial charge in [0.05, 0.1) is 0 Å². The van der Waals surface area contributed by atoms with Gasteiger partial charge in [0.25, 0.3) is 0 Å². The average Bonchev–Trinajstić information content (AvgIpc) is 2.74. The first-order valence-corrected chi connectivity index (χ1v) is 11.0. The van der Waals surface area contributed by atoms with Crippen molar-refractivity contribution in [3.63, 3.8) is 0 Å². The number of hydrogen-bond acceptors (Lipinski definition) is 3. The molecule has 0 saturated carbocycles. The van der Waals surface area contributed by atoms with Crippen LogP contribution in [0.3, 0.4) is 0 Å². The Morgan fingerprint density at radius 3 is 2.56 bits per heavy atom. The van der Waals surface area contributed by atoms with Crippen molar-refractivity contribution in [2.45, 2.75) is 19.8 Å². The van der Waals surface area contributed by atoms with Crippen LogP contribution in [0.2, 0.25) is 0 Å². The molecule has 0 unspecified atom stereocenters. The smallest absolute Gasteiger partial charge is 0.407 e. The van der Waals surface area contributed by atoms with Crippen LogP contribution in [-0.2, 0) is 12.8 Å². The Kier molecular flexibility index (Phi) is 5.08. The molecule has 164 valence electrons. The number of aryl methyl sites for hydroxylation is 1. The molecule has 1 N–H and O–H groups in total. The summed E-state index contributed by atoms with van der Waals surface area (Å²) in [6, 6.07) is 15.2. The Bertz CT molecular complexity index is 1170. The standard InChI is InChI=1S/C26H26FN3O2/c1-2-18-5-3-4-6-22(18)23-12-21(27)8-7-19(23)11-20-13-28-10-9-24(20)29-14-26(15-29)16-30(17-26)25(31)32/h3-10,12-13H,2,11,14-17H2,1H3,(H,31,32). The summed E-state index contributed by atoms with van der Waals surface area (Å²) in [4.78, 5) is 19.2. The molecule has 2 fully saturated rings. The maximum Gasteiger partial charge on any atom is 0.407 e. The topological polar surface area (TPSA) is 56.7 Å². The first-order chi connectivity index (χ1) is 15.5. The van der Waals surface area contributed by atoms with Crippen LogP contribution in [0.25, 0.3) is 11.1 Å². The van der Waals surface area contributed by atoms with Crippen LogP contribution < -0.4 is 4.90 Å². The van der Waals surface area contributed by atoms with Gasteiger partial charge in [0.1, 0.15) is 5.82 Å². The van der Waals surface area contributed by atoms with Gasteiger partial charge in [0.2, 0.25) is 0 Å². The summed E-state index contributed by atoms with van der Waals surface area (Å²) in [7, 11) is 0. The molecule has 1 amide bonds. The zero-order chi connectivity index (χ0) is 22.3. The number of nitrogens with zero attached hydrogens (tertiary/aromatic N) is 3. The van der Waals surface area contributed by atoms with Gasteiger partial charge in [-0.3, -0.25) is 4.98 Å². The van der Waals surface area contributed by atoms with Crippen molar-refractivity contribution < 1.29 is 14.3 Å². The first kappa shape index (κ1) is 20.5. The summed E-state index contributed by atoms with van der Waals surface area (Å²) in [6.45, 7) is 5.03. The Morgan fingerprint density at radius 1 is 1.03 bits per heavy atom. The number of amides is 1. The van der Waals surface area contributed by atoms with E-state index in [-0.39, 0.29) is 11.2 Å². The third-order valence-corrected chi connectivity index (χ3v) is 6.74. The summed E-state index contributed by atoms with van der Waals surface area (Å²) < 4.78 is 14.2. The zero-order valence-electron chi connectivity index (χ0n) is 18.1. The molecular formula is C26H26FN3O2. The fourth-order valence-electron chi connectivity index (χ4n) is 5.15. The van der Waals surface area contributed by atoms with E-state index in [0.717, 1.165) is 47.5 Å². The number of halogens is 1. The second-order valence-electron chi connectivity index (χ2n) is 8.99. The lowest BCUT2D eigenvalue weighted by Crippen LogP contribution is -2.73. The van der Waals surface area contributed by atoms with E-state index in [1.54, 1.807) is 12.3 Å². The number of benzene rings is 2. The summed E-state index contributed by atoms with van der Waals surface area (Å²) in [6.07, 6.45) is 4.39. The Balaban J connectivity index is 1.41. The van der Waals surface area contributed by atoms with Crippen molar-refractivity contribution in [2.75, 3.05) is 31.1 Å². The van der Waals surface area contributed by atoms with Gasteiger partial charge in [-0.05, 0) is 52.4 Å². The molecule has 2 aromatic carbocycles. The van der Waals surface area contributed by atoms with Crippen LogP contribution in [0.1, 0.15) is 23.6 Å². The van der Waals surface area contributed by atoms with Gasteiger partial charge >= 0.3 is 6.09 Å². The van der Waals surface area contributed by atoms with Crippen LogP contribution in [0.4, 0.5) is 14.9 Å². The highest BCUT2D eigenvalue weighted by Crippen LogP contribution is 2.43. The molecule has 0 bridgehead atoms. The van der Waals surface area contributed by atoms with E-state index in [9.17, 15) is 9.18 Å². The van der Waals surface area contributed by atoms with Crippen molar-refractivity contribution in [2.24, 2.45) is 5.41 Å². The Labute approximate surface area is 187 Å². The molecule has 6 heteroatoms. The molecule has 2 aliphatic rings. The van der Waals surface area contributed by atoms with Crippen LogP contribution >= 0.6 is 0 Å². The molecule has 0 radical (unpaired) electrons. The number of anilines is 1. The lowest BCUT2D eigenvalue weighted by molar-refractivity contribution is -0.00948. The van der Waals surface area contributed by atoms with E-state index in [1.807, 2.05) is 30.5 Å². The van der Waals surface area contributed by atoms with E-state index in [4.69, 9.17) is 5.11 Å². The van der Waals surface area contributed by atoms with Gasteiger partial charge in [-0.2, -0.15) is 0 Å². The minimum absolute atomic E-state index is 0.0834. The molecular weight excluding hydrogens is 405 g/mol. The third kappa shape index (κ3) is 3.60. The first-order valence-electron chi connectivity index (χ1n) is 11.0. The lowest BCUT2D eigenvalue weighted by Gasteiger charge is -2.60. The van der Waals surface area contributed by atoms with Crippen molar-refractivity contribution in [1.82, 2.24) is 9.88 Å². The van der Waals surface area contributed by atoms with Gasteiger partial charge < -0.3 is 14.9 Å². The molecule has 1 aromatic heterocycles. The minimum Gasteiger partial charge on any atom is -0.465 e. The molecule has 5 nitrogen and oxygen atoms in total. The van der Waals surface area contributed by atoms with E-state index in [0.29, 0.717) is 19.5 Å². The predicted octanol–water partition coefficient (Wildman–Crippen LogP) is 4.84. The summed E-state index contributed by atoms with van der Waals surface area (Å²) in [5, 5.41) is 9.13. The monoisotopic (exact) mass is 431 g/mol. The SMILES string of the molecule is CCc1ccccc1-c1cc(F)ccc1Cc1cnccc1N1CC2(CN(C(=O)O)C2)C1. The number of pyridine rings is 1. The van der Waals surface area contributed by atoms with Crippen LogP contribution in [0.15, 0.2) is 60.9 Å². The molecule has 0 aliphatic carbocycles. The Morgan fingerprint density at radius 2 is 1.81 bits per heavy atom. The molecule has 2 aliphatic heterocycles. The van der Waals surface area contributed by atoms with E-state index in [1.165, 1.54) is 16.5 Å². The fourth-order valence-corrected chi connectivity index (χ4v) is 5.15. The van der Waals surface area contributed by atoms with Crippen molar-refractivity contribution >= 4 is 11.8 Å². The highest BCUT2D eigenvalue weighted by atomic mass is 19.1. The zero-order valence-corrected chi connectivity index (χ0v) is 18.1. The molecule has 3 heterocycles. The summed E-state index contributed by atoms with van der Waals surface area (Å²) in [5.74, 6) is -0.237. The number of hydrogen-bond donors (Lipinski definition) is 1. The number of rotatable bonds is 5. The van der Waals surface area contributed by atoms with Gasteiger partial charge in [0, 0.05) is 56.1 Å². The number of carboxylic acid groups (broad SMARTS) is 1. The van der Waals surface area contributed by atoms with Crippen LogP contribution in [0, 0.1) is 11.2 Å². The van der Waals surface area contributed by atoms with Crippen molar-refractivity contribution in [3.05, 3.63) is 83.4 Å². The fraction of sp³-hybridized carbons (Fsp3) is 0.308. The maximum absolute atomic E-state index is 14.2. The third-order valence-electron chi connectivity index (χ3n) is 6.74. The molecule has 0 atom stereocenters. The van der Waals surface area contributed by atoms with Gasteiger partial charge in [-0.15, -0.1) is 0 Å². The minimum atomic E-state index is -0.838. The van der Waals surface area contributed by atoms with Crippen LogP contribution in [-0.4, -0.2) is 47.3 Å². The van der Waals surface area contributed by atoms with E-state index < -0.39 is 6.09 Å². The van der Waals surface area contributed by atoms with Crippen molar-refractivity contribution in [1.29, 1.82) is 0 Å². The van der Waals surface area contributed by atoms with Gasteiger partial charge in [-0.1, -0.05) is 37.3 Å². The quantitative estimate of drug-likeness (QED) is 0.628. The van der Waals surface area contributed by atoms with Gasteiger partial charge in [-0.25, -0.2) is 9.18 Å². The molecule has 5 rings (SSSR count). The van der Waals surface area contributed by atoms with Crippen LogP contribution in [0.5, 0.6) is 0 Å². The maximum atomic E-state index is 14.2. The molecule has 1 spiro atoms. The lowest BCUT2D eigenvalue weighted by atomic mass is 9.72. The van der Waals surface area contributed by atoms with Crippen molar-refractivity contribution in [3.8, 4) is 11.1 Å². The highest BCUT2D eigenvalue weighted by molar-refractivity contribution is 5.72. The second kappa shape index (κ2) is 7.93. The summed E-state index contributed by atoms with van der Waals surface area (Å²) >= 11 is 0. The normalized spacial score (nSPS) is 16.6. The molecule has 3 aromatic rings. The highest BCUT2D eigenvalue weighted by Gasteiger charge is 2.53. The van der Waals surface area contributed by atoms with E-state index >= 15 is 0 Å². The van der Waals surface area contributed by atoms with Gasteiger partial charge in [0.15, 0.2) is 0 Å². The summed E-state index contributed by atoms with van der Waals surface area (Å²) in [5.41, 5.74) is 6.56. The second-order valence-corrected chi connectivity index (χ2v) is 8.99. The largest absolute Gasteiger partial charge is 0.465 e. The Hall–Kier alpha value is -3.41. The number of aromatic nitrogens is 1. The number of likely N-dealkylation sites (tertiary alicyclic amines) is 1. The molecule has 2 saturated heterocycles. The van der Waals surface area contributed by atoms with E-state index in [2.05, 4.69) is 28.9 Å².